The zero-order chi connectivity index (χ0) is 18.8. The van der Waals surface area contributed by atoms with E-state index < -0.39 is 12.6 Å². The highest BCUT2D eigenvalue weighted by atomic mass is 16.6. The Morgan fingerprint density at radius 2 is 1.80 bits per heavy atom. The quantitative estimate of drug-likeness (QED) is 0.426. The van der Waals surface area contributed by atoms with Crippen LogP contribution in [0.15, 0.2) is 23.8 Å². The molecule has 0 aliphatic heterocycles. The summed E-state index contributed by atoms with van der Waals surface area (Å²) in [6.07, 6.45) is 8.67. The van der Waals surface area contributed by atoms with Crippen molar-refractivity contribution in [3.8, 4) is 0 Å². The molecule has 0 aromatic rings. The van der Waals surface area contributed by atoms with E-state index in [9.17, 15) is 10.2 Å². The Labute approximate surface area is 153 Å². The minimum absolute atomic E-state index is 0.0764. The van der Waals surface area contributed by atoms with Crippen LogP contribution in [-0.2, 0) is 9.47 Å². The fourth-order valence-electron chi connectivity index (χ4n) is 3.06. The highest BCUT2D eigenvalue weighted by Gasteiger charge is 2.24. The molecule has 0 aromatic heterocycles. The molecule has 0 saturated heterocycles. The van der Waals surface area contributed by atoms with Gasteiger partial charge in [0.05, 0.1) is 12.7 Å². The van der Waals surface area contributed by atoms with Crippen LogP contribution in [0.2, 0.25) is 0 Å². The van der Waals surface area contributed by atoms with E-state index in [1.807, 2.05) is 13.0 Å². The number of ether oxygens (including phenoxy) is 2. The van der Waals surface area contributed by atoms with Crippen molar-refractivity contribution in [2.75, 3.05) is 6.61 Å². The molecule has 0 heterocycles. The van der Waals surface area contributed by atoms with E-state index >= 15 is 0 Å². The smallest absolute Gasteiger partial charge is 0.182 e. The molecule has 0 radical (unpaired) electrons. The number of aliphatic hydroxyl groups excluding tert-OH is 2. The maximum atomic E-state index is 10.6. The van der Waals surface area contributed by atoms with Crippen LogP contribution in [0, 0.1) is 17.8 Å². The zero-order valence-electron chi connectivity index (χ0n) is 16.6. The lowest BCUT2D eigenvalue weighted by Gasteiger charge is -2.26. The van der Waals surface area contributed by atoms with Crippen molar-refractivity contribution >= 4 is 0 Å². The van der Waals surface area contributed by atoms with Crippen molar-refractivity contribution in [1.29, 1.82) is 0 Å². The molecule has 1 aliphatic rings. The van der Waals surface area contributed by atoms with Crippen molar-refractivity contribution in [1.82, 2.24) is 0 Å². The van der Waals surface area contributed by atoms with Crippen LogP contribution in [0.25, 0.3) is 0 Å². The predicted molar refractivity (Wildman–Crippen MR) is 102 cm³/mol. The topological polar surface area (TPSA) is 58.9 Å². The highest BCUT2D eigenvalue weighted by Crippen LogP contribution is 2.25. The summed E-state index contributed by atoms with van der Waals surface area (Å²) >= 11 is 0. The molecule has 4 atom stereocenters. The average Bonchev–Trinajstić information content (AvgIpc) is 2.52. The van der Waals surface area contributed by atoms with Crippen molar-refractivity contribution in [3.63, 3.8) is 0 Å². The standard InChI is InChI=1S/C21H38O4/c1-15(2)11-12-24-20(22)19(14-18-9-7-6-8-10-18)21(23)25-17(5)13-16(3)4/h6-7,14-18,20-23H,8-13H2,1-5H3/b19-14+/t17-,18?,20?,21?/m0/s1. The molecule has 0 saturated carbocycles. The first-order valence-electron chi connectivity index (χ1n) is 9.79. The normalized spacial score (nSPS) is 22.4. The monoisotopic (exact) mass is 354 g/mol. The number of hydrogen-bond acceptors (Lipinski definition) is 4. The van der Waals surface area contributed by atoms with Gasteiger partial charge in [0.25, 0.3) is 0 Å². The fraction of sp³-hybridized carbons (Fsp3) is 0.810. The largest absolute Gasteiger partial charge is 0.364 e. The summed E-state index contributed by atoms with van der Waals surface area (Å²) in [5.41, 5.74) is 0.444. The van der Waals surface area contributed by atoms with Gasteiger partial charge in [-0.15, -0.1) is 0 Å². The summed E-state index contributed by atoms with van der Waals surface area (Å²) in [5.74, 6) is 1.31. The summed E-state index contributed by atoms with van der Waals surface area (Å²) in [4.78, 5) is 0. The van der Waals surface area contributed by atoms with Crippen molar-refractivity contribution in [2.24, 2.45) is 17.8 Å². The van der Waals surface area contributed by atoms with Gasteiger partial charge in [0, 0.05) is 5.57 Å². The van der Waals surface area contributed by atoms with Crippen LogP contribution in [0.4, 0.5) is 0 Å². The summed E-state index contributed by atoms with van der Waals surface area (Å²) in [5, 5.41) is 21.0. The molecule has 0 spiro atoms. The van der Waals surface area contributed by atoms with Gasteiger partial charge in [-0.25, -0.2) is 0 Å². The van der Waals surface area contributed by atoms with Gasteiger partial charge in [-0.05, 0) is 56.8 Å². The van der Waals surface area contributed by atoms with Crippen LogP contribution < -0.4 is 0 Å². The predicted octanol–water partition coefficient (Wildman–Crippen LogP) is 4.42. The van der Waals surface area contributed by atoms with Gasteiger partial charge >= 0.3 is 0 Å². The molecular formula is C21H38O4. The molecule has 0 aromatic carbocycles. The van der Waals surface area contributed by atoms with E-state index in [4.69, 9.17) is 9.47 Å². The molecule has 4 nitrogen and oxygen atoms in total. The van der Waals surface area contributed by atoms with Gasteiger partial charge in [-0.1, -0.05) is 45.9 Å². The third-order valence-corrected chi connectivity index (χ3v) is 4.44. The van der Waals surface area contributed by atoms with Gasteiger partial charge in [0.15, 0.2) is 12.6 Å². The number of hydrogen-bond donors (Lipinski definition) is 2. The summed E-state index contributed by atoms with van der Waals surface area (Å²) in [6, 6.07) is 0. The van der Waals surface area contributed by atoms with E-state index in [1.165, 1.54) is 0 Å². The van der Waals surface area contributed by atoms with Crippen molar-refractivity contribution < 1.29 is 19.7 Å². The Bertz CT molecular complexity index is 414. The Balaban J connectivity index is 2.74. The average molecular weight is 355 g/mol. The maximum absolute atomic E-state index is 10.6. The number of rotatable bonds is 11. The minimum Gasteiger partial charge on any atom is -0.364 e. The molecule has 0 amide bonds. The Hall–Kier alpha value is -0.680. The summed E-state index contributed by atoms with van der Waals surface area (Å²) < 4.78 is 11.3. The SMILES string of the molecule is CC(C)CCOC(O)/C(=C\C1CC=CCC1)C(O)O[C@@H](C)CC(C)C. The molecule has 1 rings (SSSR count). The summed E-state index contributed by atoms with van der Waals surface area (Å²) in [6.45, 7) is 10.9. The minimum atomic E-state index is -1.13. The van der Waals surface area contributed by atoms with Gasteiger partial charge in [0.2, 0.25) is 0 Å². The van der Waals surface area contributed by atoms with Crippen LogP contribution in [0.5, 0.6) is 0 Å². The first-order chi connectivity index (χ1) is 11.8. The van der Waals surface area contributed by atoms with Crippen LogP contribution >= 0.6 is 0 Å². The third kappa shape index (κ3) is 9.55. The van der Waals surface area contributed by atoms with E-state index in [1.54, 1.807) is 0 Å². The zero-order valence-corrected chi connectivity index (χ0v) is 16.6. The van der Waals surface area contributed by atoms with Crippen molar-refractivity contribution in [3.05, 3.63) is 23.8 Å². The highest BCUT2D eigenvalue weighted by molar-refractivity contribution is 5.12. The number of aliphatic hydroxyl groups is 2. The second-order valence-corrected chi connectivity index (χ2v) is 8.05. The van der Waals surface area contributed by atoms with Gasteiger partial charge in [0.1, 0.15) is 0 Å². The molecule has 1 aliphatic carbocycles. The lowest BCUT2D eigenvalue weighted by atomic mass is 9.92. The van der Waals surface area contributed by atoms with Crippen LogP contribution in [0.1, 0.15) is 66.7 Å². The lowest BCUT2D eigenvalue weighted by Crippen LogP contribution is -2.31. The maximum Gasteiger partial charge on any atom is 0.182 e. The van der Waals surface area contributed by atoms with E-state index in [2.05, 4.69) is 39.8 Å². The van der Waals surface area contributed by atoms with Gasteiger partial charge in [-0.3, -0.25) is 0 Å². The van der Waals surface area contributed by atoms with Gasteiger partial charge in [-0.2, -0.15) is 0 Å². The molecule has 2 N–H and O–H groups in total. The van der Waals surface area contributed by atoms with E-state index in [0.29, 0.717) is 29.9 Å². The Morgan fingerprint density at radius 3 is 2.36 bits per heavy atom. The molecule has 25 heavy (non-hydrogen) atoms. The molecule has 0 fully saturated rings. The molecular weight excluding hydrogens is 316 g/mol. The second-order valence-electron chi connectivity index (χ2n) is 8.05. The number of allylic oxidation sites excluding steroid dienone is 3. The molecule has 0 bridgehead atoms. The van der Waals surface area contributed by atoms with Crippen LogP contribution in [0.3, 0.4) is 0 Å². The van der Waals surface area contributed by atoms with E-state index in [0.717, 1.165) is 32.1 Å². The van der Waals surface area contributed by atoms with Crippen LogP contribution in [-0.4, -0.2) is 35.5 Å². The summed E-state index contributed by atoms with van der Waals surface area (Å²) in [7, 11) is 0. The fourth-order valence-corrected chi connectivity index (χ4v) is 3.06. The lowest BCUT2D eigenvalue weighted by molar-refractivity contribution is -0.150. The van der Waals surface area contributed by atoms with E-state index in [-0.39, 0.29) is 6.10 Å². The Morgan fingerprint density at radius 1 is 1.08 bits per heavy atom. The first kappa shape index (κ1) is 22.4. The third-order valence-electron chi connectivity index (χ3n) is 4.44. The molecule has 146 valence electrons. The van der Waals surface area contributed by atoms with Gasteiger partial charge < -0.3 is 19.7 Å². The second kappa shape index (κ2) is 11.8. The van der Waals surface area contributed by atoms with Crippen molar-refractivity contribution in [2.45, 2.75) is 85.4 Å². The molecule has 4 heteroatoms. The first-order valence-corrected chi connectivity index (χ1v) is 9.79. The molecule has 3 unspecified atom stereocenters. The Kier molecular flexibility index (Phi) is 10.6.